The van der Waals surface area contributed by atoms with Crippen LogP contribution in [0.25, 0.3) is 5.69 Å². The van der Waals surface area contributed by atoms with Crippen LogP contribution in [0.1, 0.15) is 59.6 Å². The number of amides is 1. The van der Waals surface area contributed by atoms with Crippen molar-refractivity contribution in [3.63, 3.8) is 0 Å². The summed E-state index contributed by atoms with van der Waals surface area (Å²) in [5.74, 6) is 0.468. The van der Waals surface area contributed by atoms with E-state index in [4.69, 9.17) is 0 Å². The van der Waals surface area contributed by atoms with Crippen LogP contribution in [-0.4, -0.2) is 59.5 Å². The minimum absolute atomic E-state index is 0.0809. The van der Waals surface area contributed by atoms with Crippen LogP contribution in [0.4, 0.5) is 0 Å². The van der Waals surface area contributed by atoms with Gasteiger partial charge in [-0.1, -0.05) is 31.4 Å². The maximum absolute atomic E-state index is 13.2. The van der Waals surface area contributed by atoms with Gasteiger partial charge in [-0.25, -0.2) is 13.1 Å². The number of hydrogen-bond donors (Lipinski definition) is 0. The monoisotopic (exact) mass is 492 g/mol. The highest BCUT2D eigenvalue weighted by molar-refractivity contribution is 7.89. The van der Waals surface area contributed by atoms with Gasteiger partial charge in [0.25, 0.3) is 5.91 Å². The predicted molar refractivity (Wildman–Crippen MR) is 135 cm³/mol. The minimum atomic E-state index is -3.57. The highest BCUT2D eigenvalue weighted by atomic mass is 32.2. The molecule has 5 rings (SSSR count). The van der Waals surface area contributed by atoms with Crippen molar-refractivity contribution in [2.45, 2.75) is 49.8 Å². The van der Waals surface area contributed by atoms with E-state index >= 15 is 0 Å². The lowest BCUT2D eigenvalue weighted by molar-refractivity contribution is 0.0698. The molecule has 8 heteroatoms. The number of carbonyl (C=O) groups excluding carboxylic acids is 1. The summed E-state index contributed by atoms with van der Waals surface area (Å²) in [5, 5.41) is 4.29. The molecular formula is C27H32N4O3S. The predicted octanol–water partition coefficient (Wildman–Crippen LogP) is 4.38. The maximum Gasteiger partial charge on any atom is 0.253 e. The van der Waals surface area contributed by atoms with Gasteiger partial charge < -0.3 is 4.90 Å². The summed E-state index contributed by atoms with van der Waals surface area (Å²) in [4.78, 5) is 15.1. The first kappa shape index (κ1) is 23.8. The van der Waals surface area contributed by atoms with Crippen molar-refractivity contribution >= 4 is 15.9 Å². The third-order valence-corrected chi connectivity index (χ3v) is 9.22. The lowest BCUT2D eigenvalue weighted by atomic mass is 9.84. The molecule has 35 heavy (non-hydrogen) atoms. The first-order valence-corrected chi connectivity index (χ1v) is 13.9. The SMILES string of the molecule is Cc1ccnn1-c1ccc(C(=O)N2CCN(S(=O)(=O)c3ccc(C4CCCCC4)cc3)CC2)cc1. The minimum Gasteiger partial charge on any atom is -0.336 e. The Hall–Kier alpha value is -2.97. The van der Waals surface area contributed by atoms with Gasteiger partial charge in [0, 0.05) is 43.6 Å². The van der Waals surface area contributed by atoms with E-state index in [1.165, 1.54) is 42.0 Å². The second kappa shape index (κ2) is 9.95. The normalized spacial score (nSPS) is 18.0. The second-order valence-corrected chi connectivity index (χ2v) is 11.5. The lowest BCUT2D eigenvalue weighted by Crippen LogP contribution is -2.50. The Kier molecular flexibility index (Phi) is 6.75. The van der Waals surface area contributed by atoms with Gasteiger partial charge in [-0.05, 0) is 73.7 Å². The Morgan fingerprint density at radius 1 is 0.857 bits per heavy atom. The van der Waals surface area contributed by atoms with Crippen molar-refractivity contribution in [2.75, 3.05) is 26.2 Å². The number of carbonyl (C=O) groups is 1. The molecule has 0 unspecified atom stereocenters. The first-order chi connectivity index (χ1) is 16.9. The fourth-order valence-electron chi connectivity index (χ4n) is 5.20. The van der Waals surface area contributed by atoms with E-state index in [1.807, 2.05) is 41.9 Å². The molecule has 2 aromatic carbocycles. The van der Waals surface area contributed by atoms with Crippen LogP contribution in [0, 0.1) is 6.92 Å². The van der Waals surface area contributed by atoms with Crippen molar-refractivity contribution in [2.24, 2.45) is 0 Å². The zero-order chi connectivity index (χ0) is 24.4. The molecule has 3 aromatic rings. The number of aromatic nitrogens is 2. The molecule has 0 spiro atoms. The molecule has 1 aliphatic heterocycles. The summed E-state index contributed by atoms with van der Waals surface area (Å²) >= 11 is 0. The molecule has 7 nitrogen and oxygen atoms in total. The third kappa shape index (κ3) is 4.90. The molecule has 2 aliphatic rings. The number of rotatable bonds is 5. The molecule has 2 fully saturated rings. The topological polar surface area (TPSA) is 75.5 Å². The molecule has 1 saturated heterocycles. The second-order valence-electron chi connectivity index (χ2n) is 9.53. The number of benzene rings is 2. The van der Waals surface area contributed by atoms with Gasteiger partial charge >= 0.3 is 0 Å². The largest absolute Gasteiger partial charge is 0.336 e. The van der Waals surface area contributed by atoms with Crippen LogP contribution < -0.4 is 0 Å². The van der Waals surface area contributed by atoms with E-state index in [0.29, 0.717) is 42.6 Å². The Bertz CT molecular complexity index is 1270. The van der Waals surface area contributed by atoms with Crippen LogP contribution in [0.2, 0.25) is 0 Å². The number of aryl methyl sites for hydroxylation is 1. The molecule has 1 aliphatic carbocycles. The van der Waals surface area contributed by atoms with Crippen LogP contribution in [0.15, 0.2) is 65.7 Å². The molecule has 1 amide bonds. The standard InChI is InChI=1S/C27H32N4O3S/c1-21-15-16-28-31(21)25-11-7-24(8-12-25)27(32)29-17-19-30(20-18-29)35(33,34)26-13-9-23(10-14-26)22-5-3-2-4-6-22/h7-16,22H,2-6,17-20H2,1H3. The molecule has 0 bridgehead atoms. The molecule has 0 atom stereocenters. The molecule has 1 aromatic heterocycles. The molecule has 184 valence electrons. The number of nitrogens with zero attached hydrogens (tertiary/aromatic N) is 4. The van der Waals surface area contributed by atoms with Gasteiger partial charge in [-0.15, -0.1) is 0 Å². The van der Waals surface area contributed by atoms with E-state index in [1.54, 1.807) is 35.4 Å². The molecule has 0 radical (unpaired) electrons. The van der Waals surface area contributed by atoms with Crippen LogP contribution in [0.5, 0.6) is 0 Å². The maximum atomic E-state index is 13.2. The highest BCUT2D eigenvalue weighted by Gasteiger charge is 2.30. The van der Waals surface area contributed by atoms with E-state index in [-0.39, 0.29) is 5.91 Å². The Morgan fingerprint density at radius 2 is 1.51 bits per heavy atom. The molecular weight excluding hydrogens is 460 g/mol. The van der Waals surface area contributed by atoms with Crippen molar-refractivity contribution in [3.8, 4) is 5.69 Å². The summed E-state index contributed by atoms with van der Waals surface area (Å²) in [7, 11) is -3.57. The highest BCUT2D eigenvalue weighted by Crippen LogP contribution is 2.33. The van der Waals surface area contributed by atoms with Crippen LogP contribution in [0.3, 0.4) is 0 Å². The van der Waals surface area contributed by atoms with E-state index in [2.05, 4.69) is 5.10 Å². The fourth-order valence-corrected chi connectivity index (χ4v) is 6.62. The van der Waals surface area contributed by atoms with Gasteiger partial charge in [0.2, 0.25) is 10.0 Å². The smallest absolute Gasteiger partial charge is 0.253 e. The lowest BCUT2D eigenvalue weighted by Gasteiger charge is -2.34. The van der Waals surface area contributed by atoms with E-state index in [9.17, 15) is 13.2 Å². The summed E-state index contributed by atoms with van der Waals surface area (Å²) in [6, 6.07) is 16.8. The zero-order valence-electron chi connectivity index (χ0n) is 20.1. The molecule has 2 heterocycles. The Balaban J connectivity index is 1.21. The van der Waals surface area contributed by atoms with Crippen molar-refractivity contribution in [1.29, 1.82) is 0 Å². The summed E-state index contributed by atoms with van der Waals surface area (Å²) in [6.07, 6.45) is 7.92. The summed E-state index contributed by atoms with van der Waals surface area (Å²) < 4.78 is 29.7. The number of sulfonamides is 1. The number of hydrogen-bond acceptors (Lipinski definition) is 4. The van der Waals surface area contributed by atoms with E-state index in [0.717, 1.165) is 11.4 Å². The van der Waals surface area contributed by atoms with Crippen LogP contribution >= 0.6 is 0 Å². The summed E-state index contributed by atoms with van der Waals surface area (Å²) in [6.45, 7) is 3.31. The quantitative estimate of drug-likeness (QED) is 0.530. The fraction of sp³-hybridized carbons (Fsp3) is 0.407. The van der Waals surface area contributed by atoms with Crippen LogP contribution in [-0.2, 0) is 10.0 Å². The average Bonchev–Trinajstić information content (AvgIpc) is 3.35. The average molecular weight is 493 g/mol. The molecule has 1 saturated carbocycles. The number of piperazine rings is 1. The van der Waals surface area contributed by atoms with Gasteiger partial charge in [0.1, 0.15) is 0 Å². The van der Waals surface area contributed by atoms with E-state index < -0.39 is 10.0 Å². The van der Waals surface area contributed by atoms with Gasteiger partial charge in [0.05, 0.1) is 10.6 Å². The Labute approximate surface area is 207 Å². The third-order valence-electron chi connectivity index (χ3n) is 7.31. The Morgan fingerprint density at radius 3 is 2.11 bits per heavy atom. The van der Waals surface area contributed by atoms with Crippen molar-refractivity contribution < 1.29 is 13.2 Å². The molecule has 0 N–H and O–H groups in total. The van der Waals surface area contributed by atoms with Gasteiger partial charge in [0.15, 0.2) is 0 Å². The zero-order valence-corrected chi connectivity index (χ0v) is 21.0. The summed E-state index contributed by atoms with van der Waals surface area (Å²) in [5.41, 5.74) is 3.75. The van der Waals surface area contributed by atoms with Crippen molar-refractivity contribution in [1.82, 2.24) is 19.0 Å². The van der Waals surface area contributed by atoms with Crippen molar-refractivity contribution in [3.05, 3.63) is 77.6 Å². The van der Waals surface area contributed by atoms with Gasteiger partial charge in [-0.3, -0.25) is 4.79 Å². The first-order valence-electron chi connectivity index (χ1n) is 12.4. The van der Waals surface area contributed by atoms with Gasteiger partial charge in [-0.2, -0.15) is 9.40 Å².